The molecular weight excluding hydrogens is 196 g/mol. The van der Waals surface area contributed by atoms with E-state index in [1.165, 1.54) is 17.6 Å². The van der Waals surface area contributed by atoms with Crippen LogP contribution in [0.2, 0.25) is 0 Å². The highest BCUT2D eigenvalue weighted by molar-refractivity contribution is 5.56. The Morgan fingerprint density at radius 1 is 1.38 bits per heavy atom. The molecule has 0 aliphatic heterocycles. The van der Waals surface area contributed by atoms with Crippen LogP contribution in [0, 0.1) is 11.3 Å². The molecule has 1 aromatic heterocycles. The summed E-state index contributed by atoms with van der Waals surface area (Å²) in [5, 5.41) is 0. The molecule has 0 unspecified atom stereocenters. The number of hydrogen-bond donors (Lipinski definition) is 0. The summed E-state index contributed by atoms with van der Waals surface area (Å²) in [4.78, 5) is 0. The van der Waals surface area contributed by atoms with E-state index in [9.17, 15) is 0 Å². The topological polar surface area (TPSA) is 13.1 Å². The Hall–Kier alpha value is -1.24. The summed E-state index contributed by atoms with van der Waals surface area (Å²) >= 11 is 0. The quantitative estimate of drug-likeness (QED) is 0.584. The second kappa shape index (κ2) is 3.13. The number of fused-ring (bicyclic) bond motifs is 1. The van der Waals surface area contributed by atoms with Crippen LogP contribution in [-0.4, -0.2) is 0 Å². The molecule has 3 aliphatic carbocycles. The van der Waals surface area contributed by atoms with Gasteiger partial charge < -0.3 is 4.42 Å². The monoisotopic (exact) mass is 214 g/mol. The fraction of sp³-hybridized carbons (Fsp3) is 0.467. The van der Waals surface area contributed by atoms with Crippen LogP contribution in [-0.2, 0) is 0 Å². The van der Waals surface area contributed by atoms with Crippen molar-refractivity contribution in [3.8, 4) is 0 Å². The predicted octanol–water partition coefficient (Wildman–Crippen LogP) is 4.38. The maximum absolute atomic E-state index is 5.67. The number of furan rings is 1. The predicted molar refractivity (Wildman–Crippen MR) is 66.1 cm³/mol. The summed E-state index contributed by atoms with van der Waals surface area (Å²) in [6.07, 6.45) is 9.95. The molecule has 0 saturated heterocycles. The van der Waals surface area contributed by atoms with Crippen molar-refractivity contribution in [2.75, 3.05) is 0 Å². The molecule has 2 bridgehead atoms. The highest BCUT2D eigenvalue weighted by atomic mass is 16.3. The van der Waals surface area contributed by atoms with Crippen molar-refractivity contribution in [1.29, 1.82) is 0 Å². The van der Waals surface area contributed by atoms with Gasteiger partial charge in [0.1, 0.15) is 5.76 Å². The molecule has 4 rings (SSSR count). The van der Waals surface area contributed by atoms with E-state index in [2.05, 4.69) is 45.1 Å². The van der Waals surface area contributed by atoms with Gasteiger partial charge in [0.25, 0.3) is 0 Å². The van der Waals surface area contributed by atoms with Crippen molar-refractivity contribution >= 4 is 6.08 Å². The maximum Gasteiger partial charge on any atom is 0.117 e. The molecule has 0 fully saturated rings. The third-order valence-electron chi connectivity index (χ3n) is 4.07. The van der Waals surface area contributed by atoms with E-state index >= 15 is 0 Å². The molecule has 84 valence electrons. The Bertz CT molecular complexity index is 473. The molecule has 0 radical (unpaired) electrons. The van der Waals surface area contributed by atoms with Crippen LogP contribution in [0.1, 0.15) is 44.4 Å². The van der Waals surface area contributed by atoms with Crippen molar-refractivity contribution in [3.05, 3.63) is 41.4 Å². The molecule has 0 amide bonds. The molecule has 1 aromatic rings. The largest absolute Gasteiger partial charge is 0.468 e. The third-order valence-corrected chi connectivity index (χ3v) is 4.07. The van der Waals surface area contributed by atoms with Gasteiger partial charge in [-0.25, -0.2) is 0 Å². The van der Waals surface area contributed by atoms with Crippen molar-refractivity contribution < 1.29 is 4.42 Å². The van der Waals surface area contributed by atoms with E-state index in [-0.39, 0.29) is 0 Å². The summed E-state index contributed by atoms with van der Waals surface area (Å²) in [7, 11) is 0. The molecule has 1 heteroatoms. The standard InChI is InChI=1S/C15H18O/c1-10-8-12-9-15(2,3)13(10)5-4-11-6-7-16-14(11)12/h4-8,12-13H,9H2,1-3H3/b5-4-/t12-,13+/m0/s1. The highest BCUT2D eigenvalue weighted by Crippen LogP contribution is 2.49. The zero-order chi connectivity index (χ0) is 11.3. The second-order valence-electron chi connectivity index (χ2n) is 5.79. The van der Waals surface area contributed by atoms with Gasteiger partial charge in [-0.2, -0.15) is 0 Å². The summed E-state index contributed by atoms with van der Waals surface area (Å²) in [5.41, 5.74) is 3.08. The van der Waals surface area contributed by atoms with Gasteiger partial charge >= 0.3 is 0 Å². The summed E-state index contributed by atoms with van der Waals surface area (Å²) in [5.74, 6) is 2.18. The smallest absolute Gasteiger partial charge is 0.117 e. The fourth-order valence-corrected chi connectivity index (χ4v) is 3.34. The van der Waals surface area contributed by atoms with Crippen LogP contribution in [0.5, 0.6) is 0 Å². The lowest BCUT2D eigenvalue weighted by Gasteiger charge is -2.41. The van der Waals surface area contributed by atoms with E-state index in [4.69, 9.17) is 4.42 Å². The van der Waals surface area contributed by atoms with Gasteiger partial charge in [-0.1, -0.05) is 37.6 Å². The van der Waals surface area contributed by atoms with Gasteiger partial charge in [0.2, 0.25) is 0 Å². The first kappa shape index (κ1) is 9.95. The van der Waals surface area contributed by atoms with E-state index < -0.39 is 0 Å². The number of hydrogen-bond acceptors (Lipinski definition) is 1. The van der Waals surface area contributed by atoms with Crippen LogP contribution in [0.4, 0.5) is 0 Å². The lowest BCUT2D eigenvalue weighted by atomic mass is 9.64. The molecule has 0 saturated carbocycles. The SMILES string of the molecule is CC1=C[C@H]2CC(C)(C)[C@@H]1/C=C\c1ccoc12. The average molecular weight is 214 g/mol. The first-order valence-corrected chi connectivity index (χ1v) is 6.02. The van der Waals surface area contributed by atoms with Gasteiger partial charge in [0, 0.05) is 17.4 Å². The number of allylic oxidation sites excluding steroid dienone is 3. The first-order valence-electron chi connectivity index (χ1n) is 6.02. The third kappa shape index (κ3) is 1.31. The van der Waals surface area contributed by atoms with Crippen molar-refractivity contribution in [1.82, 2.24) is 0 Å². The molecule has 1 nitrogen and oxygen atoms in total. The van der Waals surface area contributed by atoms with Gasteiger partial charge in [-0.15, -0.1) is 0 Å². The summed E-state index contributed by atoms with van der Waals surface area (Å²) in [6.45, 7) is 6.97. The summed E-state index contributed by atoms with van der Waals surface area (Å²) in [6, 6.07) is 2.07. The van der Waals surface area contributed by atoms with Crippen molar-refractivity contribution in [2.45, 2.75) is 33.1 Å². The van der Waals surface area contributed by atoms with Gasteiger partial charge in [-0.3, -0.25) is 0 Å². The zero-order valence-corrected chi connectivity index (χ0v) is 10.2. The minimum Gasteiger partial charge on any atom is -0.468 e. The van der Waals surface area contributed by atoms with Crippen molar-refractivity contribution in [3.63, 3.8) is 0 Å². The zero-order valence-electron chi connectivity index (χ0n) is 10.2. The normalized spacial score (nSPS) is 32.6. The summed E-state index contributed by atoms with van der Waals surface area (Å²) < 4.78 is 5.67. The van der Waals surface area contributed by atoms with Crippen LogP contribution in [0.3, 0.4) is 0 Å². The van der Waals surface area contributed by atoms with E-state index in [0.29, 0.717) is 17.3 Å². The first-order chi connectivity index (χ1) is 7.58. The highest BCUT2D eigenvalue weighted by Gasteiger charge is 2.38. The van der Waals surface area contributed by atoms with E-state index in [0.717, 1.165) is 5.76 Å². The maximum atomic E-state index is 5.67. The van der Waals surface area contributed by atoms with Crippen LogP contribution in [0.15, 0.2) is 34.5 Å². The Labute approximate surface area is 96.8 Å². The Morgan fingerprint density at radius 3 is 2.94 bits per heavy atom. The fourth-order valence-electron chi connectivity index (χ4n) is 3.34. The Balaban J connectivity index is 2.20. The molecular formula is C15H18O. The molecule has 1 heterocycles. The van der Waals surface area contributed by atoms with Crippen LogP contribution < -0.4 is 0 Å². The molecule has 0 N–H and O–H groups in total. The minimum absolute atomic E-state index is 0.338. The molecule has 0 spiro atoms. The minimum atomic E-state index is 0.338. The lowest BCUT2D eigenvalue weighted by Crippen LogP contribution is -2.30. The van der Waals surface area contributed by atoms with Crippen molar-refractivity contribution in [2.24, 2.45) is 11.3 Å². The average Bonchev–Trinajstić information content (AvgIpc) is 2.60. The molecule has 0 aromatic carbocycles. The lowest BCUT2D eigenvalue weighted by molar-refractivity contribution is 0.230. The molecule has 2 atom stereocenters. The Kier molecular flexibility index (Phi) is 1.95. The van der Waals surface area contributed by atoms with Crippen LogP contribution in [0.25, 0.3) is 6.08 Å². The Morgan fingerprint density at radius 2 is 2.19 bits per heavy atom. The molecule has 16 heavy (non-hydrogen) atoms. The van der Waals surface area contributed by atoms with Gasteiger partial charge in [0.05, 0.1) is 6.26 Å². The van der Waals surface area contributed by atoms with E-state index in [1.807, 2.05) is 6.26 Å². The second-order valence-corrected chi connectivity index (χ2v) is 5.79. The van der Waals surface area contributed by atoms with Crippen LogP contribution >= 0.6 is 0 Å². The van der Waals surface area contributed by atoms with Gasteiger partial charge in [-0.05, 0) is 24.8 Å². The number of rotatable bonds is 0. The van der Waals surface area contributed by atoms with E-state index in [1.54, 1.807) is 0 Å². The van der Waals surface area contributed by atoms with Gasteiger partial charge in [0.15, 0.2) is 0 Å². The molecule has 3 aliphatic rings.